The van der Waals surface area contributed by atoms with Crippen molar-refractivity contribution in [2.24, 2.45) is 5.92 Å². The lowest BCUT2D eigenvalue weighted by molar-refractivity contribution is -0.149. The number of esters is 1. The van der Waals surface area contributed by atoms with Crippen LogP contribution in [-0.2, 0) is 21.4 Å². The maximum Gasteiger partial charge on any atom is 0.303 e. The fourth-order valence-electron chi connectivity index (χ4n) is 4.58. The summed E-state index contributed by atoms with van der Waals surface area (Å²) in [5.74, 6) is -1.10. The zero-order valence-electron chi connectivity index (χ0n) is 14.5. The number of hydrogen-bond acceptors (Lipinski definition) is 4. The Morgan fingerprint density at radius 2 is 2.08 bits per heavy atom. The number of carbonyl (C=O) groups is 1. The second-order valence-corrected chi connectivity index (χ2v) is 7.27. The van der Waals surface area contributed by atoms with E-state index in [9.17, 15) is 19.4 Å². The van der Waals surface area contributed by atoms with E-state index >= 15 is 0 Å². The van der Waals surface area contributed by atoms with Crippen LogP contribution in [0.1, 0.15) is 41.7 Å². The maximum atomic E-state index is 14.0. The van der Waals surface area contributed by atoms with E-state index in [1.54, 1.807) is 6.07 Å². The minimum Gasteiger partial charge on any atom is -0.457 e. The van der Waals surface area contributed by atoms with Gasteiger partial charge in [-0.1, -0.05) is 30.3 Å². The molecule has 0 aromatic heterocycles. The van der Waals surface area contributed by atoms with E-state index in [4.69, 9.17) is 4.74 Å². The van der Waals surface area contributed by atoms with Gasteiger partial charge in [0.2, 0.25) is 0 Å². The van der Waals surface area contributed by atoms with Gasteiger partial charge < -0.3 is 14.9 Å². The number of halogens is 1. The number of aliphatic hydroxyl groups excluding tert-OH is 2. The van der Waals surface area contributed by atoms with Crippen molar-refractivity contribution in [3.8, 4) is 0 Å². The third kappa shape index (κ3) is 2.54. The Morgan fingerprint density at radius 3 is 2.81 bits per heavy atom. The molecular formula is C21H21FO4. The lowest BCUT2D eigenvalue weighted by Gasteiger charge is -2.30. The Morgan fingerprint density at radius 1 is 1.31 bits per heavy atom. The van der Waals surface area contributed by atoms with Gasteiger partial charge in [-0.05, 0) is 47.2 Å². The molecule has 0 saturated heterocycles. The van der Waals surface area contributed by atoms with Crippen LogP contribution in [0.25, 0.3) is 0 Å². The van der Waals surface area contributed by atoms with E-state index in [-0.39, 0.29) is 18.3 Å². The quantitative estimate of drug-likeness (QED) is 0.830. The van der Waals surface area contributed by atoms with Gasteiger partial charge in [-0.3, -0.25) is 4.79 Å². The molecule has 1 saturated carbocycles. The van der Waals surface area contributed by atoms with E-state index in [0.29, 0.717) is 18.4 Å². The van der Waals surface area contributed by atoms with E-state index in [0.717, 1.165) is 16.7 Å². The van der Waals surface area contributed by atoms with Gasteiger partial charge in [-0.25, -0.2) is 4.39 Å². The fraction of sp³-hybridized carbons (Fsp3) is 0.381. The van der Waals surface area contributed by atoms with Gasteiger partial charge >= 0.3 is 5.97 Å². The van der Waals surface area contributed by atoms with Crippen LogP contribution >= 0.6 is 0 Å². The van der Waals surface area contributed by atoms with Crippen LogP contribution in [0.4, 0.5) is 4.39 Å². The van der Waals surface area contributed by atoms with Crippen molar-refractivity contribution >= 4 is 5.97 Å². The predicted molar refractivity (Wildman–Crippen MR) is 93.0 cm³/mol. The molecule has 4 atom stereocenters. The zero-order chi connectivity index (χ0) is 18.5. The number of carbonyl (C=O) groups excluding carboxylic acids is 1. The number of aliphatic hydroxyl groups is 2. The van der Waals surface area contributed by atoms with Crippen LogP contribution in [0.2, 0.25) is 0 Å². The molecule has 0 aliphatic heterocycles. The first kappa shape index (κ1) is 17.2. The first-order chi connectivity index (χ1) is 12.5. The molecule has 0 amide bonds. The first-order valence-electron chi connectivity index (χ1n) is 8.80. The van der Waals surface area contributed by atoms with E-state index < -0.39 is 23.6 Å². The number of ether oxygens (including phenoxy) is 1. The second kappa shape index (κ2) is 6.18. The van der Waals surface area contributed by atoms with Gasteiger partial charge in [0.15, 0.2) is 0 Å². The normalized spacial score (nSPS) is 27.2. The van der Waals surface area contributed by atoms with Crippen molar-refractivity contribution in [3.63, 3.8) is 0 Å². The van der Waals surface area contributed by atoms with Crippen LogP contribution in [0.3, 0.4) is 0 Å². The van der Waals surface area contributed by atoms with Gasteiger partial charge in [0, 0.05) is 18.3 Å². The molecule has 5 heteroatoms. The van der Waals surface area contributed by atoms with Gasteiger partial charge in [-0.2, -0.15) is 0 Å². The minimum atomic E-state index is -0.920. The molecule has 26 heavy (non-hydrogen) atoms. The molecule has 2 unspecified atom stereocenters. The molecule has 0 radical (unpaired) electrons. The summed E-state index contributed by atoms with van der Waals surface area (Å²) < 4.78 is 19.7. The highest BCUT2D eigenvalue weighted by atomic mass is 19.1. The van der Waals surface area contributed by atoms with E-state index in [2.05, 4.69) is 0 Å². The summed E-state index contributed by atoms with van der Waals surface area (Å²) in [7, 11) is 0. The second-order valence-electron chi connectivity index (χ2n) is 7.27. The molecule has 2 aliphatic carbocycles. The summed E-state index contributed by atoms with van der Waals surface area (Å²) in [6, 6.07) is 12.4. The van der Waals surface area contributed by atoms with Gasteiger partial charge in [-0.15, -0.1) is 0 Å². The van der Waals surface area contributed by atoms with Crippen molar-refractivity contribution in [1.82, 2.24) is 0 Å². The molecule has 2 aromatic carbocycles. The van der Waals surface area contributed by atoms with Gasteiger partial charge in [0.25, 0.3) is 0 Å². The van der Waals surface area contributed by atoms with Crippen LogP contribution < -0.4 is 0 Å². The zero-order valence-corrected chi connectivity index (χ0v) is 14.5. The maximum absolute atomic E-state index is 14.0. The molecule has 1 fully saturated rings. The van der Waals surface area contributed by atoms with Crippen LogP contribution in [0.15, 0.2) is 42.5 Å². The highest BCUT2D eigenvalue weighted by Gasteiger charge is 2.65. The molecule has 136 valence electrons. The Balaban J connectivity index is 1.95. The largest absolute Gasteiger partial charge is 0.457 e. The summed E-state index contributed by atoms with van der Waals surface area (Å²) in [5, 5.41) is 19.8. The highest BCUT2D eigenvalue weighted by molar-refractivity contribution is 5.67. The Kier molecular flexibility index (Phi) is 4.09. The number of hydrogen-bond donors (Lipinski definition) is 2. The molecule has 1 spiro atoms. The van der Waals surface area contributed by atoms with Crippen molar-refractivity contribution in [2.45, 2.75) is 37.4 Å². The van der Waals surface area contributed by atoms with Gasteiger partial charge in [0.05, 0.1) is 12.7 Å². The molecule has 4 rings (SSSR count). The third-order valence-electron chi connectivity index (χ3n) is 5.75. The van der Waals surface area contributed by atoms with Crippen molar-refractivity contribution in [3.05, 3.63) is 70.5 Å². The van der Waals surface area contributed by atoms with Gasteiger partial charge in [0.1, 0.15) is 11.9 Å². The topological polar surface area (TPSA) is 66.8 Å². The summed E-state index contributed by atoms with van der Waals surface area (Å²) in [5.41, 5.74) is 2.97. The van der Waals surface area contributed by atoms with Crippen LogP contribution in [0.5, 0.6) is 0 Å². The standard InChI is InChI=1S/C21H21FO4/c1-12(24)26-20-16-9-15(22)7-6-13(16)8-14-4-2-3-5-17(14)21(20)10-18(21)19(25)11-23/h2-7,9,18-20,23,25H,8,10-11H2,1H3/t18-,19-,20?,21?/m0/s1. The first-order valence-corrected chi connectivity index (χ1v) is 8.80. The fourth-order valence-corrected chi connectivity index (χ4v) is 4.58. The lowest BCUT2D eigenvalue weighted by atomic mass is 9.82. The summed E-state index contributed by atoms with van der Waals surface area (Å²) >= 11 is 0. The summed E-state index contributed by atoms with van der Waals surface area (Å²) in [6.45, 7) is 0.973. The average Bonchev–Trinajstić information content (AvgIpc) is 3.38. The Labute approximate surface area is 151 Å². The van der Waals surface area contributed by atoms with Crippen molar-refractivity contribution in [2.75, 3.05) is 6.61 Å². The summed E-state index contributed by atoms with van der Waals surface area (Å²) in [4.78, 5) is 11.9. The van der Waals surface area contributed by atoms with Crippen molar-refractivity contribution in [1.29, 1.82) is 0 Å². The monoisotopic (exact) mass is 356 g/mol. The molecule has 0 bridgehead atoms. The predicted octanol–water partition coefficient (Wildman–Crippen LogP) is 2.65. The molecular weight excluding hydrogens is 335 g/mol. The average molecular weight is 356 g/mol. The minimum absolute atomic E-state index is 0.257. The number of fused-ring (bicyclic) bond motifs is 3. The highest BCUT2D eigenvalue weighted by Crippen LogP contribution is 2.66. The number of rotatable bonds is 3. The Hall–Kier alpha value is -2.24. The molecule has 0 heterocycles. The Bertz CT molecular complexity index is 865. The molecule has 4 nitrogen and oxygen atoms in total. The smallest absolute Gasteiger partial charge is 0.303 e. The molecule has 2 aromatic rings. The summed E-state index contributed by atoms with van der Waals surface area (Å²) in [6.07, 6.45) is -0.441. The molecule has 2 N–H and O–H groups in total. The number of benzene rings is 2. The van der Waals surface area contributed by atoms with Crippen molar-refractivity contribution < 1.29 is 24.1 Å². The SMILES string of the molecule is CC(=O)OC1c2cc(F)ccc2Cc2ccccc2C12C[C@H]2[C@@H](O)CO. The van der Waals surface area contributed by atoms with Crippen LogP contribution in [0, 0.1) is 11.7 Å². The molecule has 2 aliphatic rings. The van der Waals surface area contributed by atoms with Crippen LogP contribution in [-0.4, -0.2) is 28.9 Å². The third-order valence-corrected chi connectivity index (χ3v) is 5.75. The van der Waals surface area contributed by atoms with E-state index in [1.165, 1.54) is 19.1 Å². The lowest BCUT2D eigenvalue weighted by Crippen LogP contribution is -2.30. The van der Waals surface area contributed by atoms with E-state index in [1.807, 2.05) is 24.3 Å².